The fraction of sp³-hybridized carbons (Fsp3) is 0.333. The van der Waals surface area contributed by atoms with Crippen molar-refractivity contribution in [1.29, 1.82) is 0 Å². The molecule has 0 saturated heterocycles. The van der Waals surface area contributed by atoms with E-state index in [4.69, 9.17) is 9.94 Å². The van der Waals surface area contributed by atoms with Crippen LogP contribution in [0.4, 0.5) is 0 Å². The van der Waals surface area contributed by atoms with Crippen LogP contribution >= 0.6 is 0 Å². The van der Waals surface area contributed by atoms with Gasteiger partial charge in [-0.15, -0.1) is 0 Å². The zero-order valence-corrected chi connectivity index (χ0v) is 19.2. The number of para-hydroxylation sites is 1. The predicted molar refractivity (Wildman–Crippen MR) is 123 cm³/mol. The minimum Gasteiger partial charge on any atom is -0.489 e. The molecule has 174 valence electrons. The number of rotatable bonds is 7. The molecule has 3 N–H and O–H groups in total. The highest BCUT2D eigenvalue weighted by molar-refractivity contribution is 7.89. The zero-order valence-electron chi connectivity index (χ0n) is 18.4. The summed E-state index contributed by atoms with van der Waals surface area (Å²) in [5, 5.41) is 10.1. The summed E-state index contributed by atoms with van der Waals surface area (Å²) in [6.45, 7) is 2.24. The number of benzene rings is 2. The van der Waals surface area contributed by atoms with Crippen LogP contribution in [0.5, 0.6) is 5.75 Å². The number of nitrogens with one attached hydrogen (secondary N) is 2. The normalized spacial score (nSPS) is 15.8. The summed E-state index contributed by atoms with van der Waals surface area (Å²) in [6.07, 6.45) is 2.98. The molecule has 9 heteroatoms. The number of fused-ring (bicyclic) bond motifs is 1. The van der Waals surface area contributed by atoms with Crippen molar-refractivity contribution in [2.24, 2.45) is 0 Å². The molecule has 1 aliphatic carbocycles. The van der Waals surface area contributed by atoms with E-state index in [0.717, 1.165) is 28.6 Å². The molecule has 2 aromatic carbocycles. The lowest BCUT2D eigenvalue weighted by Gasteiger charge is -2.35. The first kappa shape index (κ1) is 23.2. The summed E-state index contributed by atoms with van der Waals surface area (Å²) in [5.74, 6) is -0.210. The number of carbonyl (C=O) groups excluding carboxylic acids is 1. The number of pyridine rings is 1. The van der Waals surface area contributed by atoms with Crippen LogP contribution in [0.3, 0.4) is 0 Å². The number of aromatic nitrogens is 1. The lowest BCUT2D eigenvalue weighted by atomic mass is 9.82. The molecule has 0 radical (unpaired) electrons. The van der Waals surface area contributed by atoms with Crippen molar-refractivity contribution >= 4 is 26.8 Å². The lowest BCUT2D eigenvalue weighted by Crippen LogP contribution is -2.59. The molecule has 0 aliphatic heterocycles. The highest BCUT2D eigenvalue weighted by Gasteiger charge is 2.43. The number of amides is 1. The molecule has 3 aromatic rings. The molecular formula is C24H27N3O5S. The van der Waals surface area contributed by atoms with E-state index >= 15 is 0 Å². The predicted octanol–water partition coefficient (Wildman–Crippen LogP) is 3.61. The van der Waals surface area contributed by atoms with Crippen molar-refractivity contribution in [3.8, 4) is 5.75 Å². The SMILES string of the molecule is Cc1cc(COc2ccc(S(=O)(=O)NC3(C(=O)NO)CCCCC3)cc2)c2ccccc2n1. The number of hydroxylamine groups is 1. The van der Waals surface area contributed by atoms with Gasteiger partial charge < -0.3 is 4.74 Å². The number of carbonyl (C=O) groups is 1. The Labute approximate surface area is 193 Å². The summed E-state index contributed by atoms with van der Waals surface area (Å²) in [7, 11) is -3.98. The molecule has 1 amide bonds. The van der Waals surface area contributed by atoms with Crippen LogP contribution in [-0.2, 0) is 21.4 Å². The molecule has 8 nitrogen and oxygen atoms in total. The minimum atomic E-state index is -3.98. The Morgan fingerprint density at radius 3 is 2.48 bits per heavy atom. The van der Waals surface area contributed by atoms with Gasteiger partial charge in [-0.25, -0.2) is 13.9 Å². The van der Waals surface area contributed by atoms with Gasteiger partial charge in [0.05, 0.1) is 10.4 Å². The van der Waals surface area contributed by atoms with E-state index in [2.05, 4.69) is 9.71 Å². The number of aryl methyl sites for hydroxylation is 1. The van der Waals surface area contributed by atoms with Crippen molar-refractivity contribution in [2.75, 3.05) is 0 Å². The molecule has 4 rings (SSSR count). The van der Waals surface area contributed by atoms with Gasteiger partial charge in [-0.2, -0.15) is 4.72 Å². The highest BCUT2D eigenvalue weighted by Crippen LogP contribution is 2.30. The van der Waals surface area contributed by atoms with Crippen molar-refractivity contribution < 1.29 is 23.2 Å². The molecular weight excluding hydrogens is 442 g/mol. The molecule has 0 spiro atoms. The minimum absolute atomic E-state index is 0.0238. The zero-order chi connectivity index (χ0) is 23.5. The Hall–Kier alpha value is -3.01. The van der Waals surface area contributed by atoms with Crippen molar-refractivity contribution in [2.45, 2.75) is 56.1 Å². The number of hydrogen-bond donors (Lipinski definition) is 3. The van der Waals surface area contributed by atoms with Crippen LogP contribution in [0.25, 0.3) is 10.9 Å². The fourth-order valence-corrected chi connectivity index (χ4v) is 5.77. The fourth-order valence-electron chi connectivity index (χ4n) is 4.34. The van der Waals surface area contributed by atoms with Gasteiger partial charge in [-0.1, -0.05) is 37.5 Å². The van der Waals surface area contributed by atoms with Crippen LogP contribution in [0, 0.1) is 6.92 Å². The lowest BCUT2D eigenvalue weighted by molar-refractivity contribution is -0.136. The quantitative estimate of drug-likeness (QED) is 0.359. The van der Waals surface area contributed by atoms with Gasteiger partial charge in [0.2, 0.25) is 10.0 Å². The van der Waals surface area contributed by atoms with Gasteiger partial charge in [0, 0.05) is 16.6 Å². The van der Waals surface area contributed by atoms with Crippen LogP contribution < -0.4 is 14.9 Å². The van der Waals surface area contributed by atoms with Crippen molar-refractivity contribution in [1.82, 2.24) is 15.2 Å². The second-order valence-corrected chi connectivity index (χ2v) is 10.1. The molecule has 1 aromatic heterocycles. The van der Waals surface area contributed by atoms with E-state index in [1.54, 1.807) is 17.6 Å². The van der Waals surface area contributed by atoms with Crippen LogP contribution in [0.2, 0.25) is 0 Å². The van der Waals surface area contributed by atoms with E-state index in [9.17, 15) is 13.2 Å². The third-order valence-corrected chi connectivity index (χ3v) is 7.58. The Bertz CT molecular complexity index is 1250. The van der Waals surface area contributed by atoms with Crippen LogP contribution in [0.1, 0.15) is 43.4 Å². The summed E-state index contributed by atoms with van der Waals surface area (Å²) in [4.78, 5) is 16.8. The van der Waals surface area contributed by atoms with Gasteiger partial charge in [0.1, 0.15) is 17.9 Å². The van der Waals surface area contributed by atoms with E-state index in [1.807, 2.05) is 37.3 Å². The Morgan fingerprint density at radius 2 is 1.79 bits per heavy atom. The third-order valence-electron chi connectivity index (χ3n) is 6.03. The molecule has 0 unspecified atom stereocenters. The van der Waals surface area contributed by atoms with Gasteiger partial charge in [0.25, 0.3) is 5.91 Å². The van der Waals surface area contributed by atoms with Crippen LogP contribution in [0.15, 0.2) is 59.5 Å². The molecule has 1 heterocycles. The molecule has 1 aliphatic rings. The van der Waals surface area contributed by atoms with Gasteiger partial charge in [0.15, 0.2) is 0 Å². The molecule has 1 saturated carbocycles. The van der Waals surface area contributed by atoms with Crippen molar-refractivity contribution in [3.63, 3.8) is 0 Å². The summed E-state index contributed by atoms with van der Waals surface area (Å²) >= 11 is 0. The monoisotopic (exact) mass is 469 g/mol. The van der Waals surface area contributed by atoms with E-state index in [-0.39, 0.29) is 4.90 Å². The van der Waals surface area contributed by atoms with E-state index in [1.165, 1.54) is 12.1 Å². The van der Waals surface area contributed by atoms with Crippen LogP contribution in [-0.4, -0.2) is 30.1 Å². The van der Waals surface area contributed by atoms with Crippen molar-refractivity contribution in [3.05, 3.63) is 65.9 Å². The standard InChI is InChI=1S/C24H27N3O5S/c1-17-15-18(21-7-3-4-8-22(21)25-17)16-32-19-9-11-20(12-10-19)33(30,31)27-24(23(28)26-29)13-5-2-6-14-24/h3-4,7-12,15,27,29H,2,5-6,13-14,16H2,1H3,(H,26,28). The maximum Gasteiger partial charge on any atom is 0.264 e. The van der Waals surface area contributed by atoms with E-state index in [0.29, 0.717) is 38.0 Å². The molecule has 0 bridgehead atoms. The Morgan fingerprint density at radius 1 is 1.09 bits per heavy atom. The summed E-state index contributed by atoms with van der Waals surface area (Å²) in [5.41, 5.74) is 3.05. The number of ether oxygens (including phenoxy) is 1. The summed E-state index contributed by atoms with van der Waals surface area (Å²) < 4.78 is 34.4. The molecule has 33 heavy (non-hydrogen) atoms. The van der Waals surface area contributed by atoms with E-state index < -0.39 is 21.5 Å². The number of nitrogens with zero attached hydrogens (tertiary/aromatic N) is 1. The first-order valence-corrected chi connectivity index (χ1v) is 12.4. The van der Waals surface area contributed by atoms with Gasteiger partial charge in [-0.3, -0.25) is 15.0 Å². The Balaban J connectivity index is 1.49. The second-order valence-electron chi connectivity index (χ2n) is 8.39. The van der Waals surface area contributed by atoms with Gasteiger partial charge in [-0.05, 0) is 56.2 Å². The maximum atomic E-state index is 13.0. The Kier molecular flexibility index (Phi) is 6.64. The maximum absolute atomic E-state index is 13.0. The number of sulfonamides is 1. The largest absolute Gasteiger partial charge is 0.489 e. The summed E-state index contributed by atoms with van der Waals surface area (Å²) in [6, 6.07) is 15.9. The second kappa shape index (κ2) is 9.46. The molecule has 0 atom stereocenters. The average molecular weight is 470 g/mol. The van der Waals surface area contributed by atoms with Gasteiger partial charge >= 0.3 is 0 Å². The third kappa shape index (κ3) is 5.00. The molecule has 1 fully saturated rings. The number of hydrogen-bond acceptors (Lipinski definition) is 6. The highest BCUT2D eigenvalue weighted by atomic mass is 32.2. The smallest absolute Gasteiger partial charge is 0.264 e. The first-order valence-electron chi connectivity index (χ1n) is 10.9. The topological polar surface area (TPSA) is 118 Å². The first-order chi connectivity index (χ1) is 15.8. The average Bonchev–Trinajstić information content (AvgIpc) is 2.82.